The van der Waals surface area contributed by atoms with Crippen LogP contribution in [0.2, 0.25) is 0 Å². The SMILES string of the molecule is CCCCCCCCCCCCNC(=O)c1ccc(C#N)cc1. The molecule has 0 aliphatic rings. The Bertz CT molecular complexity index is 473. The molecule has 0 heterocycles. The number of nitrogens with one attached hydrogen (secondary N) is 1. The zero-order valence-electron chi connectivity index (χ0n) is 14.4. The van der Waals surface area contributed by atoms with Gasteiger partial charge in [-0.3, -0.25) is 4.79 Å². The van der Waals surface area contributed by atoms with Gasteiger partial charge >= 0.3 is 0 Å². The second-order valence-electron chi connectivity index (χ2n) is 6.13. The van der Waals surface area contributed by atoms with Crippen LogP contribution < -0.4 is 5.32 Å². The number of nitriles is 1. The van der Waals surface area contributed by atoms with Crippen molar-refractivity contribution >= 4 is 5.91 Å². The molecule has 0 radical (unpaired) electrons. The minimum Gasteiger partial charge on any atom is -0.352 e. The van der Waals surface area contributed by atoms with Crippen molar-refractivity contribution < 1.29 is 4.79 Å². The van der Waals surface area contributed by atoms with Crippen LogP contribution in [0.15, 0.2) is 24.3 Å². The van der Waals surface area contributed by atoms with Gasteiger partial charge in [0, 0.05) is 12.1 Å². The van der Waals surface area contributed by atoms with E-state index in [1.807, 2.05) is 0 Å². The third kappa shape index (κ3) is 9.03. The molecule has 0 saturated carbocycles. The molecular formula is C20H30N2O. The third-order valence-corrected chi connectivity index (χ3v) is 4.09. The fraction of sp³-hybridized carbons (Fsp3) is 0.600. The van der Waals surface area contributed by atoms with Crippen LogP contribution in [-0.4, -0.2) is 12.5 Å². The quantitative estimate of drug-likeness (QED) is 0.538. The van der Waals surface area contributed by atoms with Gasteiger partial charge in [-0.1, -0.05) is 64.7 Å². The predicted molar refractivity (Wildman–Crippen MR) is 95.3 cm³/mol. The van der Waals surface area contributed by atoms with Gasteiger partial charge in [-0.15, -0.1) is 0 Å². The van der Waals surface area contributed by atoms with Gasteiger partial charge in [0.1, 0.15) is 0 Å². The number of hydrogen-bond acceptors (Lipinski definition) is 2. The summed E-state index contributed by atoms with van der Waals surface area (Å²) in [7, 11) is 0. The van der Waals surface area contributed by atoms with Crippen molar-refractivity contribution in [1.82, 2.24) is 5.32 Å². The summed E-state index contributed by atoms with van der Waals surface area (Å²) in [4.78, 5) is 11.9. The molecule has 0 aliphatic carbocycles. The Morgan fingerprint density at radius 1 is 0.913 bits per heavy atom. The van der Waals surface area contributed by atoms with E-state index in [9.17, 15) is 4.79 Å². The summed E-state index contributed by atoms with van der Waals surface area (Å²) >= 11 is 0. The van der Waals surface area contributed by atoms with Crippen LogP contribution in [0.3, 0.4) is 0 Å². The van der Waals surface area contributed by atoms with E-state index in [2.05, 4.69) is 18.3 Å². The molecule has 0 aromatic heterocycles. The van der Waals surface area contributed by atoms with Gasteiger partial charge in [-0.05, 0) is 30.7 Å². The van der Waals surface area contributed by atoms with Crippen molar-refractivity contribution in [1.29, 1.82) is 5.26 Å². The van der Waals surface area contributed by atoms with E-state index in [1.54, 1.807) is 24.3 Å². The molecule has 0 atom stereocenters. The highest BCUT2D eigenvalue weighted by atomic mass is 16.1. The summed E-state index contributed by atoms with van der Waals surface area (Å²) in [5.41, 5.74) is 1.20. The molecule has 0 saturated heterocycles. The summed E-state index contributed by atoms with van der Waals surface area (Å²) in [5, 5.41) is 11.7. The Labute approximate surface area is 141 Å². The first kappa shape index (κ1) is 19.2. The van der Waals surface area contributed by atoms with Gasteiger partial charge in [0.2, 0.25) is 0 Å². The number of amides is 1. The van der Waals surface area contributed by atoms with Crippen LogP contribution in [0.25, 0.3) is 0 Å². The van der Waals surface area contributed by atoms with Crippen LogP contribution in [0, 0.1) is 11.3 Å². The Morgan fingerprint density at radius 3 is 1.96 bits per heavy atom. The summed E-state index contributed by atoms with van der Waals surface area (Å²) in [5.74, 6) is -0.0505. The van der Waals surface area contributed by atoms with Gasteiger partial charge in [0.15, 0.2) is 0 Å². The van der Waals surface area contributed by atoms with E-state index in [1.165, 1.54) is 57.8 Å². The van der Waals surface area contributed by atoms with Gasteiger partial charge in [0.25, 0.3) is 5.91 Å². The van der Waals surface area contributed by atoms with E-state index < -0.39 is 0 Å². The average molecular weight is 314 g/mol. The molecule has 0 unspecified atom stereocenters. The maximum Gasteiger partial charge on any atom is 0.251 e. The summed E-state index contributed by atoms with van der Waals surface area (Å²) in [6.45, 7) is 2.98. The Morgan fingerprint density at radius 2 is 1.43 bits per heavy atom. The van der Waals surface area contributed by atoms with Gasteiger partial charge in [0.05, 0.1) is 11.6 Å². The molecule has 126 valence electrons. The molecule has 1 aromatic carbocycles. The van der Waals surface area contributed by atoms with Crippen LogP contribution in [0.5, 0.6) is 0 Å². The lowest BCUT2D eigenvalue weighted by molar-refractivity contribution is 0.0953. The van der Waals surface area contributed by atoms with E-state index in [4.69, 9.17) is 5.26 Å². The molecule has 0 bridgehead atoms. The number of unbranched alkanes of at least 4 members (excludes halogenated alkanes) is 9. The van der Waals surface area contributed by atoms with E-state index in [0.717, 1.165) is 13.0 Å². The highest BCUT2D eigenvalue weighted by molar-refractivity contribution is 5.94. The van der Waals surface area contributed by atoms with Crippen LogP contribution in [-0.2, 0) is 0 Å². The smallest absolute Gasteiger partial charge is 0.251 e. The predicted octanol–water partition coefficient (Wildman–Crippen LogP) is 5.21. The molecule has 0 spiro atoms. The molecule has 1 aromatic rings. The number of hydrogen-bond donors (Lipinski definition) is 1. The lowest BCUT2D eigenvalue weighted by atomic mass is 10.1. The highest BCUT2D eigenvalue weighted by Gasteiger charge is 2.04. The first-order chi connectivity index (χ1) is 11.3. The summed E-state index contributed by atoms with van der Waals surface area (Å²) in [6, 6.07) is 8.81. The lowest BCUT2D eigenvalue weighted by Crippen LogP contribution is -2.24. The van der Waals surface area contributed by atoms with Crippen molar-refractivity contribution in [2.24, 2.45) is 0 Å². The maximum absolute atomic E-state index is 11.9. The second kappa shape index (κ2) is 12.7. The van der Waals surface area contributed by atoms with Crippen LogP contribution >= 0.6 is 0 Å². The zero-order valence-corrected chi connectivity index (χ0v) is 14.4. The third-order valence-electron chi connectivity index (χ3n) is 4.09. The molecule has 0 fully saturated rings. The van der Waals surface area contributed by atoms with Gasteiger partial charge in [-0.2, -0.15) is 5.26 Å². The van der Waals surface area contributed by atoms with Gasteiger partial charge < -0.3 is 5.32 Å². The largest absolute Gasteiger partial charge is 0.352 e. The molecule has 1 rings (SSSR count). The van der Waals surface area contributed by atoms with Crippen molar-refractivity contribution in [3.63, 3.8) is 0 Å². The molecule has 3 heteroatoms. The van der Waals surface area contributed by atoms with Crippen LogP contribution in [0.1, 0.15) is 87.1 Å². The maximum atomic E-state index is 11.9. The van der Waals surface area contributed by atoms with Crippen molar-refractivity contribution in [3.8, 4) is 6.07 Å². The normalized spacial score (nSPS) is 10.3. The molecular weight excluding hydrogens is 284 g/mol. The lowest BCUT2D eigenvalue weighted by Gasteiger charge is -2.05. The fourth-order valence-electron chi connectivity index (χ4n) is 2.61. The number of nitrogens with zero attached hydrogens (tertiary/aromatic N) is 1. The second-order valence-corrected chi connectivity index (χ2v) is 6.13. The molecule has 0 aliphatic heterocycles. The molecule has 3 nitrogen and oxygen atoms in total. The Hall–Kier alpha value is -1.82. The first-order valence-corrected chi connectivity index (χ1v) is 9.06. The highest BCUT2D eigenvalue weighted by Crippen LogP contribution is 2.10. The average Bonchev–Trinajstić information content (AvgIpc) is 2.59. The Balaban J connectivity index is 1.98. The standard InChI is InChI=1S/C20H30N2O/c1-2-3-4-5-6-7-8-9-10-11-16-22-20(23)19-14-12-18(17-21)13-15-19/h12-15H,2-11,16H2,1H3,(H,22,23). The number of carbonyl (C=O) groups excluding carboxylic acids is 1. The minimum absolute atomic E-state index is 0.0505. The van der Waals surface area contributed by atoms with E-state index >= 15 is 0 Å². The minimum atomic E-state index is -0.0505. The van der Waals surface area contributed by atoms with E-state index in [0.29, 0.717) is 11.1 Å². The van der Waals surface area contributed by atoms with Crippen molar-refractivity contribution in [3.05, 3.63) is 35.4 Å². The molecule has 1 N–H and O–H groups in total. The zero-order chi connectivity index (χ0) is 16.8. The number of benzene rings is 1. The van der Waals surface area contributed by atoms with Crippen molar-refractivity contribution in [2.75, 3.05) is 6.54 Å². The fourth-order valence-corrected chi connectivity index (χ4v) is 2.61. The number of rotatable bonds is 12. The van der Waals surface area contributed by atoms with E-state index in [-0.39, 0.29) is 5.91 Å². The van der Waals surface area contributed by atoms with Crippen LogP contribution in [0.4, 0.5) is 0 Å². The Kier molecular flexibility index (Phi) is 10.6. The number of carbonyl (C=O) groups is 1. The summed E-state index contributed by atoms with van der Waals surface area (Å²) < 4.78 is 0. The van der Waals surface area contributed by atoms with Gasteiger partial charge in [-0.25, -0.2) is 0 Å². The molecule has 23 heavy (non-hydrogen) atoms. The first-order valence-electron chi connectivity index (χ1n) is 9.06. The monoisotopic (exact) mass is 314 g/mol. The van der Waals surface area contributed by atoms with Crippen molar-refractivity contribution in [2.45, 2.75) is 71.1 Å². The molecule has 1 amide bonds. The topological polar surface area (TPSA) is 52.9 Å². The summed E-state index contributed by atoms with van der Waals surface area (Å²) in [6.07, 6.45) is 13.0.